The predicted octanol–water partition coefficient (Wildman–Crippen LogP) is 10.2. The molecule has 0 fully saturated rings. The van der Waals surface area contributed by atoms with Crippen LogP contribution in [0.5, 0.6) is 11.5 Å². The Morgan fingerprint density at radius 2 is 1.10 bits per heavy atom. The van der Waals surface area contributed by atoms with Crippen molar-refractivity contribution in [3.05, 3.63) is 155 Å². The van der Waals surface area contributed by atoms with E-state index in [4.69, 9.17) is 0 Å². The first kappa shape index (κ1) is 35.8. The Hall–Kier alpha value is -5.53. The molecule has 0 saturated carbocycles. The summed E-state index contributed by atoms with van der Waals surface area (Å²) in [5, 5.41) is 2.55. The number of nitrogens with one attached hydrogen (secondary N) is 1. The molecule has 260 valence electrons. The highest BCUT2D eigenvalue weighted by atomic mass is 19.4. The molecule has 0 spiro atoms. The number of halogens is 10. The summed E-state index contributed by atoms with van der Waals surface area (Å²) >= 11 is 0. The number of benzene rings is 5. The van der Waals surface area contributed by atoms with E-state index >= 15 is 0 Å². The van der Waals surface area contributed by atoms with Crippen LogP contribution in [0.15, 0.2) is 121 Å². The second kappa shape index (κ2) is 13.8. The van der Waals surface area contributed by atoms with Gasteiger partial charge in [-0.05, 0) is 70.3 Å². The van der Waals surface area contributed by atoms with Crippen molar-refractivity contribution in [1.82, 2.24) is 5.32 Å². The average molecular weight is 708 g/mol. The molecular weight excluding hydrogens is 684 g/mol. The molecular formula is C36H23F10NO3. The Labute approximate surface area is 277 Å². The first-order chi connectivity index (χ1) is 23.4. The lowest BCUT2D eigenvalue weighted by molar-refractivity contribution is -0.275. The molecule has 0 bridgehead atoms. The van der Waals surface area contributed by atoms with Crippen molar-refractivity contribution in [2.45, 2.75) is 30.9 Å². The summed E-state index contributed by atoms with van der Waals surface area (Å²) in [5.41, 5.74) is -2.94. The number of hydrogen-bond acceptors (Lipinski definition) is 3. The number of rotatable bonds is 9. The summed E-state index contributed by atoms with van der Waals surface area (Å²) in [6, 6.07) is 25.5. The topological polar surface area (TPSA) is 47.6 Å². The maximum atomic E-state index is 14.1. The van der Waals surface area contributed by atoms with Crippen molar-refractivity contribution in [2.75, 3.05) is 0 Å². The zero-order valence-electron chi connectivity index (χ0n) is 25.3. The van der Waals surface area contributed by atoms with Gasteiger partial charge in [0.15, 0.2) is 0 Å². The van der Waals surface area contributed by atoms with Gasteiger partial charge >= 0.3 is 18.9 Å². The Bertz CT molecular complexity index is 1900. The molecule has 14 heteroatoms. The van der Waals surface area contributed by atoms with Crippen LogP contribution in [0.1, 0.15) is 32.6 Å². The van der Waals surface area contributed by atoms with Gasteiger partial charge in [0.2, 0.25) is 0 Å². The van der Waals surface area contributed by atoms with Gasteiger partial charge in [-0.1, -0.05) is 78.9 Å². The van der Waals surface area contributed by atoms with Crippen LogP contribution >= 0.6 is 0 Å². The highest BCUT2D eigenvalue weighted by Gasteiger charge is 2.40. The fraction of sp³-hybridized carbons (Fsp3) is 0.139. The van der Waals surface area contributed by atoms with Crippen molar-refractivity contribution in [1.29, 1.82) is 0 Å². The molecule has 5 aromatic rings. The van der Waals surface area contributed by atoms with Gasteiger partial charge in [-0.25, -0.2) is 4.39 Å². The zero-order chi connectivity index (χ0) is 36.3. The van der Waals surface area contributed by atoms with Crippen LogP contribution < -0.4 is 14.8 Å². The standard InChI is InChI=1S/C36H23F10NO3/c37-31-17-16-25(18-30(31)34(38,39)40)32(48)47-33(26-8-4-10-28(19-26)49-35(41,42)43,27-9-5-11-29(20-27)50-36(44,45)46)21-22-12-14-24(15-13-22)23-6-2-1-3-7-23/h1-20H,21H2,(H,47,48). The molecule has 0 aliphatic carbocycles. The molecule has 0 heterocycles. The smallest absolute Gasteiger partial charge is 0.406 e. The lowest BCUT2D eigenvalue weighted by Crippen LogP contribution is -2.48. The molecule has 50 heavy (non-hydrogen) atoms. The van der Waals surface area contributed by atoms with Gasteiger partial charge in [0.25, 0.3) is 5.91 Å². The molecule has 0 aliphatic heterocycles. The van der Waals surface area contributed by atoms with Crippen LogP contribution in [-0.4, -0.2) is 18.6 Å². The number of amides is 1. The molecule has 0 unspecified atom stereocenters. The van der Waals surface area contributed by atoms with E-state index in [-0.39, 0.29) is 23.6 Å². The minimum absolute atomic E-state index is 0.165. The van der Waals surface area contributed by atoms with E-state index < -0.39 is 58.8 Å². The molecule has 0 aliphatic rings. The first-order valence-corrected chi connectivity index (χ1v) is 14.5. The third kappa shape index (κ3) is 8.73. The molecule has 0 saturated heterocycles. The van der Waals surface area contributed by atoms with Gasteiger partial charge in [0, 0.05) is 12.0 Å². The minimum Gasteiger partial charge on any atom is -0.406 e. The van der Waals surface area contributed by atoms with Crippen LogP contribution in [0.2, 0.25) is 0 Å². The number of hydrogen-bond donors (Lipinski definition) is 1. The van der Waals surface area contributed by atoms with E-state index in [1.54, 1.807) is 42.5 Å². The SMILES string of the molecule is O=C(NC(Cc1ccc(-c2ccccc2)cc1)(c1cccc(OC(F)(F)F)c1)c1cccc(OC(F)(F)F)c1)c1ccc(F)c(C(F)(F)F)c1. The van der Waals surface area contributed by atoms with Gasteiger partial charge in [-0.2, -0.15) is 13.2 Å². The summed E-state index contributed by atoms with van der Waals surface area (Å²) in [6.07, 6.45) is -15.9. The van der Waals surface area contributed by atoms with E-state index in [2.05, 4.69) is 14.8 Å². The van der Waals surface area contributed by atoms with Crippen molar-refractivity contribution >= 4 is 5.91 Å². The van der Waals surface area contributed by atoms with Gasteiger partial charge in [0.05, 0.1) is 11.1 Å². The van der Waals surface area contributed by atoms with E-state index in [1.807, 2.05) is 12.1 Å². The lowest BCUT2D eigenvalue weighted by Gasteiger charge is -2.37. The Balaban J connectivity index is 1.72. The maximum absolute atomic E-state index is 14.1. The second-order valence-electron chi connectivity index (χ2n) is 10.9. The number of carbonyl (C=O) groups excluding carboxylic acids is 1. The molecule has 0 radical (unpaired) electrons. The van der Waals surface area contributed by atoms with Crippen molar-refractivity contribution in [3.8, 4) is 22.6 Å². The minimum atomic E-state index is -5.20. The predicted molar refractivity (Wildman–Crippen MR) is 161 cm³/mol. The quantitative estimate of drug-likeness (QED) is 0.155. The van der Waals surface area contributed by atoms with Crippen LogP contribution in [0, 0.1) is 5.82 Å². The highest BCUT2D eigenvalue weighted by molar-refractivity contribution is 5.95. The number of ether oxygens (including phenoxy) is 2. The summed E-state index contributed by atoms with van der Waals surface area (Å²) in [5.74, 6) is -4.47. The van der Waals surface area contributed by atoms with Crippen molar-refractivity contribution in [3.63, 3.8) is 0 Å². The molecule has 5 rings (SSSR count). The monoisotopic (exact) mass is 707 g/mol. The normalized spacial score (nSPS) is 12.4. The first-order valence-electron chi connectivity index (χ1n) is 14.5. The third-order valence-corrected chi connectivity index (χ3v) is 7.51. The maximum Gasteiger partial charge on any atom is 0.573 e. The molecule has 0 aromatic heterocycles. The van der Waals surface area contributed by atoms with Crippen molar-refractivity contribution < 1.29 is 58.2 Å². The molecule has 1 N–H and O–H groups in total. The lowest BCUT2D eigenvalue weighted by atomic mass is 9.77. The van der Waals surface area contributed by atoms with Gasteiger partial charge in [-0.15, -0.1) is 26.3 Å². The van der Waals surface area contributed by atoms with Gasteiger partial charge < -0.3 is 14.8 Å². The van der Waals surface area contributed by atoms with E-state index in [0.29, 0.717) is 11.6 Å². The number of alkyl halides is 9. The molecule has 5 aromatic carbocycles. The van der Waals surface area contributed by atoms with E-state index in [9.17, 15) is 48.7 Å². The van der Waals surface area contributed by atoms with Crippen molar-refractivity contribution in [2.24, 2.45) is 0 Å². The molecule has 4 nitrogen and oxygen atoms in total. The summed E-state index contributed by atoms with van der Waals surface area (Å²) < 4.78 is 143. The Morgan fingerprint density at radius 1 is 0.580 bits per heavy atom. The summed E-state index contributed by atoms with van der Waals surface area (Å²) in [6.45, 7) is 0. The van der Waals surface area contributed by atoms with Crippen LogP contribution in [0.25, 0.3) is 11.1 Å². The fourth-order valence-electron chi connectivity index (χ4n) is 5.38. The van der Waals surface area contributed by atoms with E-state index in [1.165, 1.54) is 12.1 Å². The van der Waals surface area contributed by atoms with Gasteiger partial charge in [-0.3, -0.25) is 4.79 Å². The van der Waals surface area contributed by atoms with Crippen LogP contribution in [-0.2, 0) is 18.1 Å². The molecule has 1 amide bonds. The Kier molecular flexibility index (Phi) is 9.85. The average Bonchev–Trinajstić information content (AvgIpc) is 3.03. The third-order valence-electron chi connectivity index (χ3n) is 7.51. The fourth-order valence-corrected chi connectivity index (χ4v) is 5.38. The Morgan fingerprint density at radius 3 is 1.60 bits per heavy atom. The van der Waals surface area contributed by atoms with Gasteiger partial charge in [0.1, 0.15) is 17.3 Å². The van der Waals surface area contributed by atoms with E-state index in [0.717, 1.165) is 53.6 Å². The summed E-state index contributed by atoms with van der Waals surface area (Å²) in [7, 11) is 0. The number of carbonyl (C=O) groups is 1. The zero-order valence-corrected chi connectivity index (χ0v) is 25.3. The second-order valence-corrected chi connectivity index (χ2v) is 10.9. The van der Waals surface area contributed by atoms with Crippen LogP contribution in [0.4, 0.5) is 43.9 Å². The molecule has 0 atom stereocenters. The highest BCUT2D eigenvalue weighted by Crippen LogP contribution is 2.39. The summed E-state index contributed by atoms with van der Waals surface area (Å²) in [4.78, 5) is 13.8. The largest absolute Gasteiger partial charge is 0.573 e. The van der Waals surface area contributed by atoms with Crippen LogP contribution in [0.3, 0.4) is 0 Å².